The predicted molar refractivity (Wildman–Crippen MR) is 148 cm³/mol. The van der Waals surface area contributed by atoms with Crippen LogP contribution in [0.5, 0.6) is 0 Å². The molecule has 208 valence electrons. The van der Waals surface area contributed by atoms with E-state index in [0.717, 1.165) is 43.5 Å². The van der Waals surface area contributed by atoms with Gasteiger partial charge in [0.15, 0.2) is 5.96 Å². The van der Waals surface area contributed by atoms with Crippen molar-refractivity contribution < 1.29 is 19.1 Å². The van der Waals surface area contributed by atoms with E-state index in [1.165, 1.54) is 0 Å². The number of imide groups is 1. The van der Waals surface area contributed by atoms with E-state index in [4.69, 9.17) is 15.9 Å². The van der Waals surface area contributed by atoms with Crippen molar-refractivity contribution in [2.75, 3.05) is 26.2 Å². The van der Waals surface area contributed by atoms with E-state index in [-0.39, 0.29) is 24.9 Å². The number of rotatable bonds is 9. The van der Waals surface area contributed by atoms with Gasteiger partial charge in [0, 0.05) is 26.1 Å². The SMILES string of the molecule is N=C(N)N1CCCC(CN2CCC[C@H]2C(=O)NC(=O)[C@@H](Cc2ccccc2)NC(=O)OCc2ccccc2)C1. The largest absolute Gasteiger partial charge is 0.445 e. The average molecular weight is 535 g/mol. The summed E-state index contributed by atoms with van der Waals surface area (Å²) >= 11 is 0. The minimum Gasteiger partial charge on any atom is -0.445 e. The fraction of sp³-hybridized carbons (Fsp3) is 0.448. The predicted octanol–water partition coefficient (Wildman–Crippen LogP) is 2.24. The van der Waals surface area contributed by atoms with Crippen LogP contribution in [0.1, 0.15) is 36.8 Å². The fourth-order valence-electron chi connectivity index (χ4n) is 5.36. The summed E-state index contributed by atoms with van der Waals surface area (Å²) in [5.74, 6) is -0.527. The molecule has 4 rings (SSSR count). The fourth-order valence-corrected chi connectivity index (χ4v) is 5.36. The molecule has 2 aromatic carbocycles. The molecule has 0 radical (unpaired) electrons. The lowest BCUT2D eigenvalue weighted by Gasteiger charge is -2.36. The zero-order valence-electron chi connectivity index (χ0n) is 22.2. The number of piperidine rings is 1. The minimum atomic E-state index is -0.975. The van der Waals surface area contributed by atoms with Crippen molar-refractivity contribution >= 4 is 23.9 Å². The monoisotopic (exact) mass is 534 g/mol. The Hall–Kier alpha value is -3.92. The van der Waals surface area contributed by atoms with Crippen molar-refractivity contribution in [3.8, 4) is 0 Å². The summed E-state index contributed by atoms with van der Waals surface area (Å²) in [6.07, 6.45) is 3.00. The molecule has 5 N–H and O–H groups in total. The van der Waals surface area contributed by atoms with Gasteiger partial charge in [-0.1, -0.05) is 60.7 Å². The first-order valence-corrected chi connectivity index (χ1v) is 13.6. The van der Waals surface area contributed by atoms with Crippen molar-refractivity contribution in [2.45, 2.75) is 50.8 Å². The number of nitrogens with two attached hydrogens (primary N) is 1. The van der Waals surface area contributed by atoms with Crippen molar-refractivity contribution in [1.82, 2.24) is 20.4 Å². The highest BCUT2D eigenvalue weighted by atomic mass is 16.5. The number of alkyl carbamates (subject to hydrolysis) is 1. The summed E-state index contributed by atoms with van der Waals surface area (Å²) in [5.41, 5.74) is 7.37. The van der Waals surface area contributed by atoms with Gasteiger partial charge < -0.3 is 20.7 Å². The number of nitrogens with one attached hydrogen (secondary N) is 3. The van der Waals surface area contributed by atoms with E-state index < -0.39 is 24.1 Å². The van der Waals surface area contributed by atoms with Gasteiger partial charge in [-0.2, -0.15) is 0 Å². The Balaban J connectivity index is 1.36. The molecular weight excluding hydrogens is 496 g/mol. The normalized spacial score (nSPS) is 20.2. The van der Waals surface area contributed by atoms with Gasteiger partial charge in [-0.15, -0.1) is 0 Å². The van der Waals surface area contributed by atoms with Crippen molar-refractivity contribution in [3.05, 3.63) is 71.8 Å². The number of hydrogen-bond acceptors (Lipinski definition) is 6. The number of nitrogens with zero attached hydrogens (tertiary/aromatic N) is 2. The van der Waals surface area contributed by atoms with Gasteiger partial charge in [-0.25, -0.2) is 4.79 Å². The van der Waals surface area contributed by atoms with E-state index in [9.17, 15) is 14.4 Å². The Labute approximate surface area is 229 Å². The summed E-state index contributed by atoms with van der Waals surface area (Å²) in [5, 5.41) is 12.9. The van der Waals surface area contributed by atoms with Crippen LogP contribution < -0.4 is 16.4 Å². The number of hydrogen-bond donors (Lipinski definition) is 4. The molecule has 39 heavy (non-hydrogen) atoms. The molecule has 2 saturated heterocycles. The van der Waals surface area contributed by atoms with E-state index in [0.29, 0.717) is 25.4 Å². The first-order chi connectivity index (χ1) is 18.9. The molecule has 2 aliphatic rings. The second-order valence-corrected chi connectivity index (χ2v) is 10.3. The molecule has 2 aromatic rings. The Morgan fingerprint density at radius 3 is 2.33 bits per heavy atom. The Kier molecular flexibility index (Phi) is 9.91. The maximum atomic E-state index is 13.3. The van der Waals surface area contributed by atoms with Crippen LogP contribution in [-0.4, -0.2) is 71.9 Å². The van der Waals surface area contributed by atoms with Gasteiger partial charge >= 0.3 is 6.09 Å². The Morgan fingerprint density at radius 1 is 0.974 bits per heavy atom. The van der Waals surface area contributed by atoms with Crippen LogP contribution in [0.2, 0.25) is 0 Å². The highest BCUT2D eigenvalue weighted by Crippen LogP contribution is 2.23. The number of carbonyl (C=O) groups excluding carboxylic acids is 3. The molecule has 1 unspecified atom stereocenters. The molecule has 3 atom stereocenters. The molecule has 0 spiro atoms. The second kappa shape index (κ2) is 13.7. The minimum absolute atomic E-state index is 0.0739. The smallest absolute Gasteiger partial charge is 0.408 e. The maximum absolute atomic E-state index is 13.3. The van der Waals surface area contributed by atoms with Gasteiger partial charge in [0.25, 0.3) is 0 Å². The van der Waals surface area contributed by atoms with Gasteiger partial charge in [0.2, 0.25) is 11.8 Å². The van der Waals surface area contributed by atoms with Gasteiger partial charge in [0.05, 0.1) is 6.04 Å². The van der Waals surface area contributed by atoms with Crippen molar-refractivity contribution in [1.29, 1.82) is 5.41 Å². The lowest BCUT2D eigenvalue weighted by molar-refractivity contribution is -0.134. The number of benzene rings is 2. The molecular formula is C29H38N6O4. The van der Waals surface area contributed by atoms with Crippen LogP contribution in [-0.2, 0) is 27.4 Å². The van der Waals surface area contributed by atoms with Crippen molar-refractivity contribution in [2.24, 2.45) is 11.7 Å². The zero-order valence-corrected chi connectivity index (χ0v) is 22.2. The molecule has 0 saturated carbocycles. The van der Waals surface area contributed by atoms with Crippen LogP contribution in [0.3, 0.4) is 0 Å². The van der Waals surface area contributed by atoms with E-state index >= 15 is 0 Å². The molecule has 2 fully saturated rings. The van der Waals surface area contributed by atoms with E-state index in [1.54, 1.807) is 0 Å². The Morgan fingerprint density at radius 2 is 1.64 bits per heavy atom. The summed E-state index contributed by atoms with van der Waals surface area (Å²) in [6, 6.07) is 17.2. The van der Waals surface area contributed by atoms with Crippen LogP contribution in [0, 0.1) is 11.3 Å². The highest BCUT2D eigenvalue weighted by molar-refractivity contribution is 6.01. The molecule has 10 nitrogen and oxygen atoms in total. The van der Waals surface area contributed by atoms with E-state index in [1.807, 2.05) is 65.6 Å². The topological polar surface area (TPSA) is 141 Å². The maximum Gasteiger partial charge on any atom is 0.408 e. The summed E-state index contributed by atoms with van der Waals surface area (Å²) in [6.45, 7) is 3.06. The molecule has 0 aliphatic carbocycles. The lowest BCUT2D eigenvalue weighted by atomic mass is 9.97. The third-order valence-electron chi connectivity index (χ3n) is 7.37. The lowest BCUT2D eigenvalue weighted by Crippen LogP contribution is -2.54. The van der Waals surface area contributed by atoms with E-state index in [2.05, 4.69) is 15.5 Å². The summed E-state index contributed by atoms with van der Waals surface area (Å²) in [7, 11) is 0. The first-order valence-electron chi connectivity index (χ1n) is 13.6. The van der Waals surface area contributed by atoms with Crippen LogP contribution >= 0.6 is 0 Å². The van der Waals surface area contributed by atoms with Gasteiger partial charge in [0.1, 0.15) is 12.6 Å². The Bertz CT molecular complexity index is 1130. The van der Waals surface area contributed by atoms with Crippen molar-refractivity contribution in [3.63, 3.8) is 0 Å². The molecule has 2 heterocycles. The van der Waals surface area contributed by atoms with Crippen LogP contribution in [0.25, 0.3) is 0 Å². The molecule has 0 aromatic heterocycles. The summed E-state index contributed by atoms with van der Waals surface area (Å²) < 4.78 is 5.33. The number of carbonyl (C=O) groups is 3. The van der Waals surface area contributed by atoms with Crippen LogP contribution in [0.4, 0.5) is 4.79 Å². The molecule has 10 heteroatoms. The van der Waals surface area contributed by atoms with Gasteiger partial charge in [-0.05, 0) is 49.3 Å². The first kappa shape index (κ1) is 28.1. The third kappa shape index (κ3) is 8.28. The number of ether oxygens (including phenoxy) is 1. The number of amides is 3. The number of guanidine groups is 1. The van der Waals surface area contributed by atoms with Gasteiger partial charge in [-0.3, -0.25) is 25.2 Å². The number of likely N-dealkylation sites (tertiary alicyclic amines) is 2. The zero-order chi connectivity index (χ0) is 27.6. The molecule has 3 amide bonds. The average Bonchev–Trinajstić information content (AvgIpc) is 3.41. The third-order valence-corrected chi connectivity index (χ3v) is 7.37. The standard InChI is InChI=1S/C29H38N6O4/c30-28(31)35-16-7-13-23(19-35)18-34-15-8-14-25(34)27(37)33-26(36)24(17-21-9-3-1-4-10-21)32-29(38)39-20-22-11-5-2-6-12-22/h1-6,9-12,23-25H,7-8,13-20H2,(H3,30,31)(H,32,38)(H,33,36,37)/t23?,24-,25+/m1/s1. The summed E-state index contributed by atoms with van der Waals surface area (Å²) in [4.78, 5) is 43.1. The molecule has 0 bridgehead atoms. The van der Waals surface area contributed by atoms with Crippen LogP contribution in [0.15, 0.2) is 60.7 Å². The quantitative estimate of drug-likeness (QED) is 0.286. The molecule has 2 aliphatic heterocycles. The highest BCUT2D eigenvalue weighted by Gasteiger charge is 2.35. The second-order valence-electron chi connectivity index (χ2n) is 10.3.